The fourth-order valence-electron chi connectivity index (χ4n) is 2.93. The number of fused-ring (bicyclic) bond motifs is 1. The minimum Gasteiger partial charge on any atom is -0.497 e. The Morgan fingerprint density at radius 1 is 0.964 bits per heavy atom. The second-order valence-corrected chi connectivity index (χ2v) is 8.15. The topological polar surface area (TPSA) is 84.1 Å². The highest BCUT2D eigenvalue weighted by molar-refractivity contribution is 7.92. The van der Waals surface area contributed by atoms with Crippen molar-refractivity contribution in [3.63, 3.8) is 0 Å². The summed E-state index contributed by atoms with van der Waals surface area (Å²) in [5.41, 5.74) is 4.38. The van der Waals surface area contributed by atoms with Crippen molar-refractivity contribution in [2.75, 3.05) is 11.8 Å². The zero-order valence-corrected chi connectivity index (χ0v) is 16.2. The molecule has 0 amide bonds. The first kappa shape index (κ1) is 18.1. The third-order valence-corrected chi connectivity index (χ3v) is 5.81. The van der Waals surface area contributed by atoms with Gasteiger partial charge in [-0.2, -0.15) is 0 Å². The number of aryl methyl sites for hydroxylation is 1. The first-order chi connectivity index (χ1) is 13.4. The molecule has 4 rings (SSSR count). The van der Waals surface area contributed by atoms with Gasteiger partial charge in [-0.1, -0.05) is 6.07 Å². The molecule has 0 aliphatic heterocycles. The van der Waals surface area contributed by atoms with E-state index in [1.807, 2.05) is 37.3 Å². The van der Waals surface area contributed by atoms with E-state index >= 15 is 0 Å². The zero-order chi connectivity index (χ0) is 19.7. The van der Waals surface area contributed by atoms with E-state index in [1.54, 1.807) is 24.3 Å². The number of rotatable bonds is 5. The van der Waals surface area contributed by atoms with Crippen LogP contribution in [-0.4, -0.2) is 25.5 Å². The third kappa shape index (κ3) is 3.57. The van der Waals surface area contributed by atoms with Crippen LogP contribution in [0.3, 0.4) is 0 Å². The predicted octanol–water partition coefficient (Wildman–Crippen LogP) is 4.35. The number of methoxy groups -OCH3 is 1. The molecule has 4 aromatic rings. The fourth-order valence-corrected chi connectivity index (χ4v) is 3.98. The molecule has 0 fully saturated rings. The number of nitrogens with zero attached hydrogens (tertiary/aromatic N) is 1. The van der Waals surface area contributed by atoms with E-state index in [2.05, 4.69) is 14.7 Å². The molecule has 0 aliphatic rings. The molecule has 7 heteroatoms. The van der Waals surface area contributed by atoms with E-state index in [4.69, 9.17) is 4.74 Å². The summed E-state index contributed by atoms with van der Waals surface area (Å²) in [6.07, 6.45) is 0. The van der Waals surface area contributed by atoms with Crippen LogP contribution in [0.2, 0.25) is 0 Å². The first-order valence-electron chi connectivity index (χ1n) is 8.68. The molecule has 3 aromatic carbocycles. The summed E-state index contributed by atoms with van der Waals surface area (Å²) in [6, 6.07) is 19.4. The Labute approximate surface area is 163 Å². The van der Waals surface area contributed by atoms with Crippen LogP contribution in [0.25, 0.3) is 22.4 Å². The SMILES string of the molecule is COc1ccc(S(=O)(=O)Nc2ccc(-c3nc4ccc(C)cc4[nH]3)cc2)cc1. The van der Waals surface area contributed by atoms with Gasteiger partial charge in [0.15, 0.2) is 0 Å². The lowest BCUT2D eigenvalue weighted by atomic mass is 10.2. The van der Waals surface area contributed by atoms with Crippen LogP contribution in [-0.2, 0) is 10.0 Å². The summed E-state index contributed by atoms with van der Waals surface area (Å²) in [5, 5.41) is 0. The Bertz CT molecular complexity index is 1230. The van der Waals surface area contributed by atoms with E-state index in [-0.39, 0.29) is 4.90 Å². The highest BCUT2D eigenvalue weighted by Crippen LogP contribution is 2.24. The molecule has 0 atom stereocenters. The van der Waals surface area contributed by atoms with Gasteiger partial charge in [0.25, 0.3) is 10.0 Å². The average Bonchev–Trinajstić information content (AvgIpc) is 3.11. The van der Waals surface area contributed by atoms with Crippen LogP contribution in [0.4, 0.5) is 5.69 Å². The molecule has 142 valence electrons. The minimum absolute atomic E-state index is 0.171. The van der Waals surface area contributed by atoms with Crippen LogP contribution in [0.15, 0.2) is 71.6 Å². The molecular formula is C21H19N3O3S. The lowest BCUT2D eigenvalue weighted by molar-refractivity contribution is 0.414. The summed E-state index contributed by atoms with van der Waals surface area (Å²) in [7, 11) is -2.14. The third-order valence-electron chi connectivity index (χ3n) is 4.42. The van der Waals surface area contributed by atoms with Crippen LogP contribution < -0.4 is 9.46 Å². The summed E-state index contributed by atoms with van der Waals surface area (Å²) >= 11 is 0. The summed E-state index contributed by atoms with van der Waals surface area (Å²) in [4.78, 5) is 8.05. The number of ether oxygens (including phenoxy) is 1. The molecule has 0 saturated carbocycles. The van der Waals surface area contributed by atoms with Crippen molar-refractivity contribution in [3.05, 3.63) is 72.3 Å². The number of anilines is 1. The summed E-state index contributed by atoms with van der Waals surface area (Å²) < 4.78 is 32.7. The smallest absolute Gasteiger partial charge is 0.261 e. The molecule has 2 N–H and O–H groups in total. The van der Waals surface area contributed by atoms with Crippen LogP contribution in [0, 0.1) is 6.92 Å². The maximum absolute atomic E-state index is 12.5. The van der Waals surface area contributed by atoms with E-state index in [0.717, 1.165) is 28.0 Å². The van der Waals surface area contributed by atoms with Crippen LogP contribution in [0.5, 0.6) is 5.75 Å². The highest BCUT2D eigenvalue weighted by Gasteiger charge is 2.14. The average molecular weight is 393 g/mol. The second-order valence-electron chi connectivity index (χ2n) is 6.46. The normalized spacial score (nSPS) is 11.5. The lowest BCUT2D eigenvalue weighted by Crippen LogP contribution is -2.12. The Hall–Kier alpha value is -3.32. The number of hydrogen-bond donors (Lipinski definition) is 2. The van der Waals surface area contributed by atoms with Gasteiger partial charge >= 0.3 is 0 Å². The van der Waals surface area contributed by atoms with Crippen molar-refractivity contribution in [3.8, 4) is 17.1 Å². The molecule has 28 heavy (non-hydrogen) atoms. The van der Waals surface area contributed by atoms with Gasteiger partial charge in [0.1, 0.15) is 11.6 Å². The van der Waals surface area contributed by atoms with Crippen molar-refractivity contribution >= 4 is 26.7 Å². The van der Waals surface area contributed by atoms with E-state index in [9.17, 15) is 8.42 Å². The Kier molecular flexibility index (Phi) is 4.52. The summed E-state index contributed by atoms with van der Waals surface area (Å²) in [6.45, 7) is 2.03. The molecular weight excluding hydrogens is 374 g/mol. The van der Waals surface area contributed by atoms with Gasteiger partial charge in [-0.3, -0.25) is 4.72 Å². The highest BCUT2D eigenvalue weighted by atomic mass is 32.2. The second kappa shape index (κ2) is 7.01. The largest absolute Gasteiger partial charge is 0.497 e. The number of aromatic nitrogens is 2. The Balaban J connectivity index is 1.56. The molecule has 1 heterocycles. The zero-order valence-electron chi connectivity index (χ0n) is 15.4. The fraction of sp³-hybridized carbons (Fsp3) is 0.0952. The van der Waals surface area contributed by atoms with Crippen molar-refractivity contribution < 1.29 is 13.2 Å². The van der Waals surface area contributed by atoms with Crippen molar-refractivity contribution in [1.82, 2.24) is 9.97 Å². The molecule has 0 unspecified atom stereocenters. The standard InChI is InChI=1S/C21H19N3O3S/c1-14-3-12-19-20(13-14)23-21(22-19)15-4-6-16(7-5-15)24-28(25,26)18-10-8-17(27-2)9-11-18/h3-13,24H,1-2H3,(H,22,23). The van der Waals surface area contributed by atoms with E-state index < -0.39 is 10.0 Å². The van der Waals surface area contributed by atoms with Gasteiger partial charge in [-0.15, -0.1) is 0 Å². The van der Waals surface area contributed by atoms with Crippen molar-refractivity contribution in [2.45, 2.75) is 11.8 Å². The number of H-pyrrole nitrogens is 1. The number of aromatic amines is 1. The number of sulfonamides is 1. The number of hydrogen-bond acceptors (Lipinski definition) is 4. The molecule has 6 nitrogen and oxygen atoms in total. The Morgan fingerprint density at radius 3 is 2.36 bits per heavy atom. The van der Waals surface area contributed by atoms with Crippen molar-refractivity contribution in [1.29, 1.82) is 0 Å². The van der Waals surface area contributed by atoms with Gasteiger partial charge in [-0.05, 0) is 73.2 Å². The molecule has 0 saturated heterocycles. The first-order valence-corrected chi connectivity index (χ1v) is 10.2. The number of imidazole rings is 1. The molecule has 0 spiro atoms. The van der Waals surface area contributed by atoms with Gasteiger partial charge in [0.05, 0.1) is 23.0 Å². The van der Waals surface area contributed by atoms with Gasteiger partial charge in [-0.25, -0.2) is 13.4 Å². The monoisotopic (exact) mass is 393 g/mol. The van der Waals surface area contributed by atoms with Gasteiger partial charge in [0, 0.05) is 11.3 Å². The van der Waals surface area contributed by atoms with Crippen LogP contribution in [0.1, 0.15) is 5.56 Å². The quantitative estimate of drug-likeness (QED) is 0.528. The number of nitrogens with one attached hydrogen (secondary N) is 2. The van der Waals surface area contributed by atoms with Crippen LogP contribution >= 0.6 is 0 Å². The van der Waals surface area contributed by atoms with E-state index in [0.29, 0.717) is 11.4 Å². The van der Waals surface area contributed by atoms with Gasteiger partial charge < -0.3 is 9.72 Å². The predicted molar refractivity (Wildman–Crippen MR) is 110 cm³/mol. The summed E-state index contributed by atoms with van der Waals surface area (Å²) in [5.74, 6) is 1.34. The molecule has 0 bridgehead atoms. The number of benzene rings is 3. The minimum atomic E-state index is -3.67. The van der Waals surface area contributed by atoms with Gasteiger partial charge in [0.2, 0.25) is 0 Å². The lowest BCUT2D eigenvalue weighted by Gasteiger charge is -2.09. The maximum atomic E-state index is 12.5. The maximum Gasteiger partial charge on any atom is 0.261 e. The molecule has 0 radical (unpaired) electrons. The molecule has 0 aliphatic carbocycles. The van der Waals surface area contributed by atoms with E-state index in [1.165, 1.54) is 19.2 Å². The van der Waals surface area contributed by atoms with Crippen molar-refractivity contribution in [2.24, 2.45) is 0 Å². The molecule has 1 aromatic heterocycles. The Morgan fingerprint density at radius 2 is 1.68 bits per heavy atom.